The Morgan fingerprint density at radius 3 is 1.83 bits per heavy atom. The van der Waals surface area contributed by atoms with Gasteiger partial charge in [0.05, 0.1) is 0 Å². The topological polar surface area (TPSA) is 84.2 Å². The van der Waals surface area contributed by atoms with Crippen LogP contribution in [-0.4, -0.2) is 31.4 Å². The largest absolute Gasteiger partial charge is 0.352 e. The lowest BCUT2D eigenvalue weighted by molar-refractivity contribution is 0.0941. The summed E-state index contributed by atoms with van der Waals surface area (Å²) in [5, 5.41) is 5.74. The van der Waals surface area contributed by atoms with E-state index in [4.69, 9.17) is 5.73 Å². The van der Waals surface area contributed by atoms with Crippen molar-refractivity contribution in [1.82, 2.24) is 10.6 Å². The van der Waals surface area contributed by atoms with E-state index < -0.39 is 0 Å². The second kappa shape index (κ2) is 10.8. The molecule has 5 heteroatoms. The van der Waals surface area contributed by atoms with Crippen LogP contribution in [0.4, 0.5) is 0 Å². The normalized spacial score (nSPS) is 10.6. The molecule has 0 heterocycles. The van der Waals surface area contributed by atoms with E-state index in [9.17, 15) is 9.59 Å². The van der Waals surface area contributed by atoms with Gasteiger partial charge in [0.25, 0.3) is 11.8 Å². The van der Waals surface area contributed by atoms with Crippen LogP contribution in [0.15, 0.2) is 24.3 Å². The Bertz CT molecular complexity index is 484. The molecule has 2 amide bonds. The van der Waals surface area contributed by atoms with Crippen LogP contribution in [-0.2, 0) is 0 Å². The highest BCUT2D eigenvalue weighted by Gasteiger charge is 2.08. The Kier molecular flexibility index (Phi) is 8.98. The molecular weight excluding hydrogens is 290 g/mol. The molecule has 0 atom stereocenters. The Morgan fingerprint density at radius 2 is 1.39 bits per heavy atom. The molecule has 0 unspecified atom stereocenters. The molecule has 0 aliphatic heterocycles. The summed E-state index contributed by atoms with van der Waals surface area (Å²) in [7, 11) is 0. The second-order valence-corrected chi connectivity index (χ2v) is 6.12. The first-order chi connectivity index (χ1) is 11.0. The first kappa shape index (κ1) is 19.2. The first-order valence-electron chi connectivity index (χ1n) is 8.41. The van der Waals surface area contributed by atoms with Gasteiger partial charge in [-0.2, -0.15) is 0 Å². The fraction of sp³-hybridized carbons (Fsp3) is 0.556. The summed E-state index contributed by atoms with van der Waals surface area (Å²) >= 11 is 0. The zero-order valence-corrected chi connectivity index (χ0v) is 14.2. The Labute approximate surface area is 139 Å². The van der Waals surface area contributed by atoms with Gasteiger partial charge >= 0.3 is 0 Å². The summed E-state index contributed by atoms with van der Waals surface area (Å²) < 4.78 is 0. The molecule has 0 aromatic heterocycles. The minimum atomic E-state index is -0.120. The molecule has 0 radical (unpaired) electrons. The van der Waals surface area contributed by atoms with Gasteiger partial charge in [-0.3, -0.25) is 9.59 Å². The van der Waals surface area contributed by atoms with Gasteiger partial charge < -0.3 is 16.4 Å². The third-order valence-corrected chi connectivity index (χ3v) is 3.57. The van der Waals surface area contributed by atoms with Crippen LogP contribution in [0.5, 0.6) is 0 Å². The molecule has 4 N–H and O–H groups in total. The van der Waals surface area contributed by atoms with E-state index in [0.717, 1.165) is 25.7 Å². The SMILES string of the molecule is CC(C)CCCNC(=O)c1ccc(C(=O)NCCCCN)cc1. The van der Waals surface area contributed by atoms with Crippen LogP contribution in [0.25, 0.3) is 0 Å². The van der Waals surface area contributed by atoms with Crippen LogP contribution >= 0.6 is 0 Å². The van der Waals surface area contributed by atoms with E-state index in [1.807, 2.05) is 0 Å². The number of hydrogen-bond acceptors (Lipinski definition) is 3. The number of nitrogens with one attached hydrogen (secondary N) is 2. The van der Waals surface area contributed by atoms with Crippen LogP contribution < -0.4 is 16.4 Å². The lowest BCUT2D eigenvalue weighted by Crippen LogP contribution is -2.26. The fourth-order valence-electron chi connectivity index (χ4n) is 2.16. The molecule has 0 saturated carbocycles. The Morgan fingerprint density at radius 1 is 0.913 bits per heavy atom. The average molecular weight is 319 g/mol. The van der Waals surface area contributed by atoms with Crippen molar-refractivity contribution in [2.45, 2.75) is 39.5 Å². The highest BCUT2D eigenvalue weighted by molar-refractivity contribution is 5.97. The predicted octanol–water partition coefficient (Wildman–Crippen LogP) is 2.32. The summed E-state index contributed by atoms with van der Waals surface area (Å²) in [6.07, 6.45) is 3.85. The van der Waals surface area contributed by atoms with Crippen molar-refractivity contribution in [3.8, 4) is 0 Å². The van der Waals surface area contributed by atoms with E-state index in [2.05, 4.69) is 24.5 Å². The summed E-state index contributed by atoms with van der Waals surface area (Å²) in [4.78, 5) is 23.9. The Hall–Kier alpha value is -1.88. The van der Waals surface area contributed by atoms with E-state index in [1.54, 1.807) is 24.3 Å². The van der Waals surface area contributed by atoms with Crippen molar-refractivity contribution in [1.29, 1.82) is 0 Å². The molecule has 128 valence electrons. The second-order valence-electron chi connectivity index (χ2n) is 6.12. The van der Waals surface area contributed by atoms with Crippen molar-refractivity contribution in [3.05, 3.63) is 35.4 Å². The first-order valence-corrected chi connectivity index (χ1v) is 8.41. The maximum atomic E-state index is 12.0. The average Bonchev–Trinajstić information content (AvgIpc) is 2.55. The van der Waals surface area contributed by atoms with Gasteiger partial charge in [-0.05, 0) is 62.4 Å². The van der Waals surface area contributed by atoms with Crippen LogP contribution in [0.3, 0.4) is 0 Å². The number of carbonyl (C=O) groups is 2. The highest BCUT2D eigenvalue weighted by Crippen LogP contribution is 2.06. The molecule has 5 nitrogen and oxygen atoms in total. The highest BCUT2D eigenvalue weighted by atomic mass is 16.2. The molecule has 0 fully saturated rings. The smallest absolute Gasteiger partial charge is 0.251 e. The molecule has 1 rings (SSSR count). The number of unbranched alkanes of at least 4 members (excludes halogenated alkanes) is 1. The number of amides is 2. The zero-order chi connectivity index (χ0) is 17.1. The van der Waals surface area contributed by atoms with Crippen LogP contribution in [0.1, 0.15) is 60.2 Å². The maximum Gasteiger partial charge on any atom is 0.251 e. The van der Waals surface area contributed by atoms with Gasteiger partial charge in [0.2, 0.25) is 0 Å². The lowest BCUT2D eigenvalue weighted by atomic mass is 10.1. The van der Waals surface area contributed by atoms with Crippen molar-refractivity contribution in [2.75, 3.05) is 19.6 Å². The van der Waals surface area contributed by atoms with Gasteiger partial charge in [-0.1, -0.05) is 13.8 Å². The number of rotatable bonds is 10. The summed E-state index contributed by atoms with van der Waals surface area (Å²) in [5.74, 6) is 0.434. The van der Waals surface area contributed by atoms with E-state index >= 15 is 0 Å². The van der Waals surface area contributed by atoms with Crippen molar-refractivity contribution >= 4 is 11.8 Å². The third-order valence-electron chi connectivity index (χ3n) is 3.57. The third kappa shape index (κ3) is 7.79. The lowest BCUT2D eigenvalue weighted by Gasteiger charge is -2.08. The van der Waals surface area contributed by atoms with Crippen molar-refractivity contribution in [2.24, 2.45) is 11.7 Å². The maximum absolute atomic E-state index is 12.0. The quantitative estimate of drug-likeness (QED) is 0.579. The number of nitrogens with two attached hydrogens (primary N) is 1. The Balaban J connectivity index is 2.39. The molecule has 23 heavy (non-hydrogen) atoms. The molecule has 1 aromatic carbocycles. The van der Waals surface area contributed by atoms with Crippen LogP contribution in [0.2, 0.25) is 0 Å². The molecule has 0 aliphatic carbocycles. The molecule has 0 saturated heterocycles. The van der Waals surface area contributed by atoms with Gasteiger partial charge in [0.1, 0.15) is 0 Å². The molecule has 0 bridgehead atoms. The number of hydrogen-bond donors (Lipinski definition) is 3. The number of benzene rings is 1. The van der Waals surface area contributed by atoms with Gasteiger partial charge in [-0.15, -0.1) is 0 Å². The summed E-state index contributed by atoms with van der Waals surface area (Å²) in [6.45, 7) is 6.27. The van der Waals surface area contributed by atoms with E-state index in [1.165, 1.54) is 0 Å². The monoisotopic (exact) mass is 319 g/mol. The van der Waals surface area contributed by atoms with Crippen molar-refractivity contribution < 1.29 is 9.59 Å². The van der Waals surface area contributed by atoms with Crippen molar-refractivity contribution in [3.63, 3.8) is 0 Å². The zero-order valence-electron chi connectivity index (χ0n) is 14.2. The van der Waals surface area contributed by atoms with Gasteiger partial charge in [0.15, 0.2) is 0 Å². The molecule has 1 aromatic rings. The summed E-state index contributed by atoms with van der Waals surface area (Å²) in [6, 6.07) is 6.74. The number of carbonyl (C=O) groups excluding carboxylic acids is 2. The standard InChI is InChI=1S/C18H29N3O2/c1-14(2)6-5-13-21-18(23)16-9-7-15(8-10-16)17(22)20-12-4-3-11-19/h7-10,14H,3-6,11-13,19H2,1-2H3,(H,20,22)(H,21,23). The fourth-order valence-corrected chi connectivity index (χ4v) is 2.16. The predicted molar refractivity (Wildman–Crippen MR) is 93.5 cm³/mol. The molecule has 0 spiro atoms. The minimum Gasteiger partial charge on any atom is -0.352 e. The van der Waals surface area contributed by atoms with E-state index in [-0.39, 0.29) is 11.8 Å². The van der Waals surface area contributed by atoms with Crippen LogP contribution in [0, 0.1) is 5.92 Å². The molecular formula is C18H29N3O2. The van der Waals surface area contributed by atoms with Gasteiger partial charge in [-0.25, -0.2) is 0 Å². The van der Waals surface area contributed by atoms with Gasteiger partial charge in [0, 0.05) is 24.2 Å². The molecule has 0 aliphatic rings. The summed E-state index contributed by atoms with van der Waals surface area (Å²) in [5.41, 5.74) is 6.55. The van der Waals surface area contributed by atoms with E-state index in [0.29, 0.717) is 36.7 Å². The minimum absolute atomic E-state index is 0.0938.